The van der Waals surface area contributed by atoms with Gasteiger partial charge in [-0.05, 0) is 30.3 Å². The van der Waals surface area contributed by atoms with Crippen LogP contribution in [0.15, 0.2) is 79.5 Å². The molecule has 0 saturated carbocycles. The highest BCUT2D eigenvalue weighted by molar-refractivity contribution is 5.87. The maximum absolute atomic E-state index is 5.51. The van der Waals surface area contributed by atoms with Crippen molar-refractivity contribution in [2.24, 2.45) is 7.05 Å². The van der Waals surface area contributed by atoms with E-state index in [2.05, 4.69) is 37.1 Å². The van der Waals surface area contributed by atoms with Crippen LogP contribution in [0.4, 0.5) is 11.4 Å². The van der Waals surface area contributed by atoms with Gasteiger partial charge in [-0.15, -0.1) is 0 Å². The second-order valence-electron chi connectivity index (χ2n) is 7.83. The molecule has 0 saturated heterocycles. The van der Waals surface area contributed by atoms with E-state index in [1.807, 2.05) is 62.0 Å². The maximum Gasteiger partial charge on any atom is 0.147 e. The van der Waals surface area contributed by atoms with E-state index < -0.39 is 0 Å². The minimum Gasteiger partial charge on any atom is -0.497 e. The topological polar surface area (TPSA) is 78.2 Å². The summed E-state index contributed by atoms with van der Waals surface area (Å²) in [6.45, 7) is 0.471. The molecule has 0 aliphatic carbocycles. The van der Waals surface area contributed by atoms with Crippen molar-refractivity contribution in [3.8, 4) is 22.6 Å². The quantitative estimate of drug-likeness (QED) is 0.352. The number of fused-ring (bicyclic) bond motifs is 1. The van der Waals surface area contributed by atoms with Crippen LogP contribution < -0.4 is 14.4 Å². The first kappa shape index (κ1) is 21.4. The molecule has 34 heavy (non-hydrogen) atoms. The van der Waals surface area contributed by atoms with Crippen molar-refractivity contribution in [3.05, 3.63) is 85.3 Å². The van der Waals surface area contributed by atoms with Crippen molar-refractivity contribution >= 4 is 22.3 Å². The smallest absolute Gasteiger partial charge is 0.147 e. The first-order chi connectivity index (χ1) is 16.6. The van der Waals surface area contributed by atoms with E-state index in [4.69, 9.17) is 9.47 Å². The van der Waals surface area contributed by atoms with E-state index in [0.29, 0.717) is 23.9 Å². The third kappa shape index (κ3) is 4.38. The van der Waals surface area contributed by atoms with Gasteiger partial charge in [-0.2, -0.15) is 5.10 Å². The fourth-order valence-electron chi connectivity index (χ4n) is 3.85. The van der Waals surface area contributed by atoms with Gasteiger partial charge < -0.3 is 14.4 Å². The van der Waals surface area contributed by atoms with E-state index in [9.17, 15) is 0 Å². The molecule has 8 heteroatoms. The predicted molar refractivity (Wildman–Crippen MR) is 131 cm³/mol. The summed E-state index contributed by atoms with van der Waals surface area (Å²) in [6, 6.07) is 15.9. The number of methoxy groups -OCH3 is 2. The molecule has 0 atom stereocenters. The van der Waals surface area contributed by atoms with Crippen molar-refractivity contribution in [1.29, 1.82) is 0 Å². The third-order valence-corrected chi connectivity index (χ3v) is 5.58. The molecular formula is C26H24N6O2. The van der Waals surface area contributed by atoms with Crippen LogP contribution in [0.3, 0.4) is 0 Å². The molecule has 8 nitrogen and oxygen atoms in total. The molecule has 3 aromatic heterocycles. The number of aromatic nitrogens is 5. The standard InChI is InChI=1S/C26H24N6O2/c1-31-16-20(15-30-31)19-9-18-10-21(5-6-25(18)29-14-19)32(17-26-27-7-4-8-28-26)22-11-23(33-2)13-24(12-22)34-3/h4-16H,17H2,1-3H3. The van der Waals surface area contributed by atoms with Crippen LogP contribution in [-0.4, -0.2) is 39.0 Å². The highest BCUT2D eigenvalue weighted by Crippen LogP contribution is 2.35. The van der Waals surface area contributed by atoms with Crippen molar-refractivity contribution in [2.75, 3.05) is 19.1 Å². The van der Waals surface area contributed by atoms with E-state index in [1.54, 1.807) is 31.3 Å². The zero-order chi connectivity index (χ0) is 23.5. The molecule has 170 valence electrons. The van der Waals surface area contributed by atoms with Gasteiger partial charge in [0.2, 0.25) is 0 Å². The Morgan fingerprint density at radius 1 is 0.824 bits per heavy atom. The SMILES string of the molecule is COc1cc(OC)cc(N(Cc2ncccn2)c2ccc3ncc(-c4cnn(C)c4)cc3c2)c1. The lowest BCUT2D eigenvalue weighted by Crippen LogP contribution is -2.18. The van der Waals surface area contributed by atoms with Crippen molar-refractivity contribution in [3.63, 3.8) is 0 Å². The van der Waals surface area contributed by atoms with Gasteiger partial charge in [0.1, 0.15) is 17.3 Å². The van der Waals surface area contributed by atoms with Gasteiger partial charge in [0.15, 0.2) is 0 Å². The summed E-state index contributed by atoms with van der Waals surface area (Å²) in [5.41, 5.74) is 4.82. The summed E-state index contributed by atoms with van der Waals surface area (Å²) >= 11 is 0. The molecule has 5 aromatic rings. The molecule has 5 rings (SSSR count). The summed E-state index contributed by atoms with van der Waals surface area (Å²) < 4.78 is 12.8. The molecule has 0 radical (unpaired) electrons. The molecule has 0 aliphatic rings. The van der Waals surface area contributed by atoms with E-state index in [-0.39, 0.29) is 0 Å². The van der Waals surface area contributed by atoms with Crippen LogP contribution in [0.25, 0.3) is 22.0 Å². The Hall–Kier alpha value is -4.46. The summed E-state index contributed by atoms with van der Waals surface area (Å²) in [5, 5.41) is 5.30. The lowest BCUT2D eigenvalue weighted by atomic mass is 10.1. The van der Waals surface area contributed by atoms with Crippen LogP contribution in [0, 0.1) is 0 Å². The highest BCUT2D eigenvalue weighted by Gasteiger charge is 2.16. The highest BCUT2D eigenvalue weighted by atomic mass is 16.5. The zero-order valence-corrected chi connectivity index (χ0v) is 19.2. The molecule has 0 fully saturated rings. The summed E-state index contributed by atoms with van der Waals surface area (Å²) in [5.74, 6) is 2.11. The van der Waals surface area contributed by atoms with Crippen molar-refractivity contribution < 1.29 is 9.47 Å². The average molecular weight is 453 g/mol. The molecule has 2 aromatic carbocycles. The Bertz CT molecular complexity index is 1410. The zero-order valence-electron chi connectivity index (χ0n) is 19.2. The average Bonchev–Trinajstić information content (AvgIpc) is 3.33. The number of hydrogen-bond acceptors (Lipinski definition) is 7. The van der Waals surface area contributed by atoms with Crippen molar-refractivity contribution in [2.45, 2.75) is 6.54 Å². The number of rotatable bonds is 7. The summed E-state index contributed by atoms with van der Waals surface area (Å²) in [6.07, 6.45) is 9.19. The Balaban J connectivity index is 1.62. The van der Waals surface area contributed by atoms with Gasteiger partial charge in [-0.25, -0.2) is 9.97 Å². The molecule has 3 heterocycles. The Kier molecular flexibility index (Phi) is 5.78. The number of benzene rings is 2. The van der Waals surface area contributed by atoms with Gasteiger partial charge in [0.25, 0.3) is 0 Å². The monoisotopic (exact) mass is 452 g/mol. The number of hydrogen-bond donors (Lipinski definition) is 0. The molecule has 0 aliphatic heterocycles. The first-order valence-electron chi connectivity index (χ1n) is 10.8. The molecule has 0 unspecified atom stereocenters. The van der Waals surface area contributed by atoms with Gasteiger partial charge >= 0.3 is 0 Å². The van der Waals surface area contributed by atoms with Crippen LogP contribution in [0.5, 0.6) is 11.5 Å². The van der Waals surface area contributed by atoms with Gasteiger partial charge in [-0.1, -0.05) is 0 Å². The molecule has 0 bridgehead atoms. The molecule has 0 amide bonds. The summed E-state index contributed by atoms with van der Waals surface area (Å²) in [4.78, 5) is 15.7. The molecule has 0 spiro atoms. The van der Waals surface area contributed by atoms with E-state index in [1.165, 1.54) is 0 Å². The lowest BCUT2D eigenvalue weighted by Gasteiger charge is -2.25. The first-order valence-corrected chi connectivity index (χ1v) is 10.8. The molecule has 0 N–H and O–H groups in total. The van der Waals surface area contributed by atoms with Gasteiger partial charge in [0, 0.05) is 77.9 Å². The number of anilines is 2. The van der Waals surface area contributed by atoms with Gasteiger partial charge in [0.05, 0.1) is 32.5 Å². The second kappa shape index (κ2) is 9.19. The van der Waals surface area contributed by atoms with Crippen molar-refractivity contribution in [1.82, 2.24) is 24.7 Å². The molecular weight excluding hydrogens is 428 g/mol. The lowest BCUT2D eigenvalue weighted by molar-refractivity contribution is 0.394. The number of pyridine rings is 1. The second-order valence-corrected chi connectivity index (χ2v) is 7.83. The minimum absolute atomic E-state index is 0.471. The predicted octanol–water partition coefficient (Wildman–Crippen LogP) is 4.78. The largest absolute Gasteiger partial charge is 0.497 e. The Morgan fingerprint density at radius 2 is 1.59 bits per heavy atom. The van der Waals surface area contributed by atoms with Crippen LogP contribution >= 0.6 is 0 Å². The Morgan fingerprint density at radius 3 is 2.26 bits per heavy atom. The fraction of sp³-hybridized carbons (Fsp3) is 0.154. The number of ether oxygens (including phenoxy) is 2. The van der Waals surface area contributed by atoms with Crippen LogP contribution in [0.1, 0.15) is 5.82 Å². The van der Waals surface area contributed by atoms with Crippen LogP contribution in [0.2, 0.25) is 0 Å². The number of nitrogens with zero attached hydrogens (tertiary/aromatic N) is 6. The van der Waals surface area contributed by atoms with Crippen LogP contribution in [-0.2, 0) is 13.6 Å². The van der Waals surface area contributed by atoms with Gasteiger partial charge in [-0.3, -0.25) is 9.67 Å². The number of aryl methyl sites for hydroxylation is 1. The Labute approximate surface area is 197 Å². The van der Waals surface area contributed by atoms with E-state index in [0.717, 1.165) is 33.4 Å². The third-order valence-electron chi connectivity index (χ3n) is 5.58. The normalized spacial score (nSPS) is 10.9. The fourth-order valence-corrected chi connectivity index (χ4v) is 3.85. The maximum atomic E-state index is 5.51. The van der Waals surface area contributed by atoms with E-state index >= 15 is 0 Å². The summed E-state index contributed by atoms with van der Waals surface area (Å²) in [7, 11) is 5.19. The minimum atomic E-state index is 0.471.